The van der Waals surface area contributed by atoms with E-state index in [2.05, 4.69) is 0 Å². The van der Waals surface area contributed by atoms with Gasteiger partial charge in [0.25, 0.3) is 0 Å². The average Bonchev–Trinajstić information content (AvgIpc) is 2.63. The number of aliphatic carboxylic acids is 1. The number of carboxylic acid groups (broad SMARTS) is 1. The van der Waals surface area contributed by atoms with Crippen LogP contribution in [-0.2, 0) is 9.59 Å². The first kappa shape index (κ1) is 11.5. The fraction of sp³-hybridized carbons (Fsp3) is 0.818. The molecular formula is C11H14F2O3. The van der Waals surface area contributed by atoms with E-state index in [9.17, 15) is 18.4 Å². The van der Waals surface area contributed by atoms with Crippen LogP contribution >= 0.6 is 0 Å². The molecule has 0 bridgehead atoms. The summed E-state index contributed by atoms with van der Waals surface area (Å²) in [7, 11) is 0. The minimum Gasteiger partial charge on any atom is -0.481 e. The first-order chi connectivity index (χ1) is 7.37. The van der Waals surface area contributed by atoms with Crippen LogP contribution in [-0.4, -0.2) is 22.8 Å². The Bertz CT molecular complexity index is 332. The van der Waals surface area contributed by atoms with Gasteiger partial charge in [-0.1, -0.05) is 12.8 Å². The molecule has 0 heterocycles. The third-order valence-electron chi connectivity index (χ3n) is 3.86. The summed E-state index contributed by atoms with van der Waals surface area (Å²) in [5.74, 6) is -6.76. The van der Waals surface area contributed by atoms with Gasteiger partial charge in [-0.3, -0.25) is 9.59 Å². The van der Waals surface area contributed by atoms with Crippen LogP contribution in [0, 0.1) is 11.3 Å². The molecule has 2 rings (SSSR count). The monoisotopic (exact) mass is 232 g/mol. The average molecular weight is 232 g/mol. The highest BCUT2D eigenvalue weighted by Crippen LogP contribution is 2.52. The molecule has 0 aromatic carbocycles. The molecule has 1 unspecified atom stereocenters. The molecule has 16 heavy (non-hydrogen) atoms. The standard InChI is InChI=1S/C11H14F2O3/c12-11(13)6-7(8(14)15)5-10(9(11)16)3-1-2-4-10/h7H,1-6H2,(H,14,15). The number of carbonyl (C=O) groups excluding carboxylic acids is 1. The molecule has 3 nitrogen and oxygen atoms in total. The number of hydrogen-bond acceptors (Lipinski definition) is 2. The normalized spacial score (nSPS) is 31.9. The molecule has 0 aromatic heterocycles. The van der Waals surface area contributed by atoms with Crippen LogP contribution in [0.5, 0.6) is 0 Å². The number of Topliss-reactive ketones (excluding diaryl/α,β-unsaturated/α-hetero) is 1. The highest BCUT2D eigenvalue weighted by Gasteiger charge is 2.59. The summed E-state index contributed by atoms with van der Waals surface area (Å²) in [5, 5.41) is 8.86. The van der Waals surface area contributed by atoms with E-state index in [1.807, 2.05) is 0 Å². The van der Waals surface area contributed by atoms with Crippen LogP contribution in [0.15, 0.2) is 0 Å². The molecule has 5 heteroatoms. The van der Waals surface area contributed by atoms with Gasteiger partial charge in [-0.15, -0.1) is 0 Å². The summed E-state index contributed by atoms with van der Waals surface area (Å²) in [6.07, 6.45) is 1.60. The molecule has 0 aliphatic heterocycles. The van der Waals surface area contributed by atoms with Crippen molar-refractivity contribution in [1.82, 2.24) is 0 Å². The third kappa shape index (κ3) is 1.62. The predicted molar refractivity (Wildman–Crippen MR) is 51.2 cm³/mol. The van der Waals surface area contributed by atoms with Gasteiger partial charge in [0.15, 0.2) is 0 Å². The van der Waals surface area contributed by atoms with Crippen molar-refractivity contribution in [1.29, 1.82) is 0 Å². The SMILES string of the molecule is O=C(O)C1CC(F)(F)C(=O)C2(CCCC2)C1. The van der Waals surface area contributed by atoms with Crippen molar-refractivity contribution < 1.29 is 23.5 Å². The maximum atomic E-state index is 13.5. The smallest absolute Gasteiger partial charge is 0.306 e. The van der Waals surface area contributed by atoms with Crippen LogP contribution in [0.3, 0.4) is 0 Å². The number of carboxylic acids is 1. The van der Waals surface area contributed by atoms with E-state index < -0.39 is 35.4 Å². The molecule has 0 aromatic rings. The number of halogens is 2. The Kier molecular flexibility index (Phi) is 2.51. The number of ketones is 1. The summed E-state index contributed by atoms with van der Waals surface area (Å²) >= 11 is 0. The van der Waals surface area contributed by atoms with Crippen molar-refractivity contribution in [2.24, 2.45) is 11.3 Å². The van der Waals surface area contributed by atoms with Gasteiger partial charge in [0.1, 0.15) is 0 Å². The second-order valence-corrected chi connectivity index (χ2v) is 4.96. The lowest BCUT2D eigenvalue weighted by Gasteiger charge is -2.39. The molecule has 90 valence electrons. The maximum Gasteiger partial charge on any atom is 0.306 e. The van der Waals surface area contributed by atoms with Crippen molar-refractivity contribution in [2.45, 2.75) is 44.4 Å². The first-order valence-corrected chi connectivity index (χ1v) is 5.53. The van der Waals surface area contributed by atoms with Crippen molar-refractivity contribution in [3.8, 4) is 0 Å². The highest BCUT2D eigenvalue weighted by atomic mass is 19.3. The third-order valence-corrected chi connectivity index (χ3v) is 3.86. The van der Waals surface area contributed by atoms with Crippen LogP contribution in [0.1, 0.15) is 38.5 Å². The molecule has 0 radical (unpaired) electrons. The van der Waals surface area contributed by atoms with Gasteiger partial charge in [-0.2, -0.15) is 8.78 Å². The number of alkyl halides is 2. The van der Waals surface area contributed by atoms with E-state index in [1.54, 1.807) is 0 Å². The second-order valence-electron chi connectivity index (χ2n) is 4.96. The molecule has 1 N–H and O–H groups in total. The Hall–Kier alpha value is -1.00. The van der Waals surface area contributed by atoms with Crippen molar-refractivity contribution in [2.75, 3.05) is 0 Å². The van der Waals surface area contributed by atoms with Crippen molar-refractivity contribution >= 4 is 11.8 Å². The Morgan fingerprint density at radius 3 is 2.31 bits per heavy atom. The van der Waals surface area contributed by atoms with Crippen molar-refractivity contribution in [3.63, 3.8) is 0 Å². The molecule has 0 amide bonds. The Morgan fingerprint density at radius 1 is 1.25 bits per heavy atom. The van der Waals surface area contributed by atoms with Gasteiger partial charge in [-0.25, -0.2) is 0 Å². The van der Waals surface area contributed by atoms with Gasteiger partial charge >= 0.3 is 11.9 Å². The van der Waals surface area contributed by atoms with E-state index in [4.69, 9.17) is 5.11 Å². The van der Waals surface area contributed by atoms with E-state index >= 15 is 0 Å². The zero-order valence-corrected chi connectivity index (χ0v) is 8.84. The molecule has 2 aliphatic carbocycles. The topological polar surface area (TPSA) is 54.4 Å². The van der Waals surface area contributed by atoms with Crippen LogP contribution in [0.4, 0.5) is 8.78 Å². The van der Waals surface area contributed by atoms with Crippen LogP contribution in [0.25, 0.3) is 0 Å². The lowest BCUT2D eigenvalue weighted by atomic mass is 9.66. The summed E-state index contributed by atoms with van der Waals surface area (Å²) in [6.45, 7) is 0. The molecule has 2 fully saturated rings. The summed E-state index contributed by atoms with van der Waals surface area (Å²) < 4.78 is 27.0. The zero-order chi connectivity index (χ0) is 12.0. The quantitative estimate of drug-likeness (QED) is 0.754. The van der Waals surface area contributed by atoms with Gasteiger partial charge in [0.05, 0.1) is 5.92 Å². The summed E-state index contributed by atoms with van der Waals surface area (Å²) in [6, 6.07) is 0. The molecule has 2 saturated carbocycles. The molecule has 2 aliphatic rings. The van der Waals surface area contributed by atoms with Crippen molar-refractivity contribution in [3.05, 3.63) is 0 Å². The van der Waals surface area contributed by atoms with Crippen LogP contribution in [0.2, 0.25) is 0 Å². The maximum absolute atomic E-state index is 13.5. The molecular weight excluding hydrogens is 218 g/mol. The molecule has 1 atom stereocenters. The lowest BCUT2D eigenvalue weighted by Crippen LogP contribution is -2.50. The van der Waals surface area contributed by atoms with Crippen LogP contribution < -0.4 is 0 Å². The zero-order valence-electron chi connectivity index (χ0n) is 8.84. The summed E-state index contributed by atoms with van der Waals surface area (Å²) in [5.41, 5.74) is -1.05. The molecule has 0 saturated heterocycles. The second kappa shape index (κ2) is 3.50. The van der Waals surface area contributed by atoms with Gasteiger partial charge < -0.3 is 5.11 Å². The summed E-state index contributed by atoms with van der Waals surface area (Å²) in [4.78, 5) is 22.5. The largest absolute Gasteiger partial charge is 0.481 e. The van der Waals surface area contributed by atoms with Gasteiger partial charge in [0.2, 0.25) is 5.78 Å². The highest BCUT2D eigenvalue weighted by molar-refractivity contribution is 5.93. The molecule has 1 spiro atoms. The minimum absolute atomic E-state index is 0.0940. The fourth-order valence-electron chi connectivity index (χ4n) is 3.08. The minimum atomic E-state index is -3.45. The Balaban J connectivity index is 2.31. The first-order valence-electron chi connectivity index (χ1n) is 5.53. The number of rotatable bonds is 1. The fourth-order valence-corrected chi connectivity index (χ4v) is 3.08. The van der Waals surface area contributed by atoms with E-state index in [0.29, 0.717) is 12.8 Å². The Morgan fingerprint density at radius 2 is 1.81 bits per heavy atom. The van der Waals surface area contributed by atoms with Gasteiger partial charge in [-0.05, 0) is 19.3 Å². The van der Waals surface area contributed by atoms with E-state index in [-0.39, 0.29) is 6.42 Å². The van der Waals surface area contributed by atoms with E-state index in [1.165, 1.54) is 0 Å². The number of hydrogen-bond donors (Lipinski definition) is 1. The lowest BCUT2D eigenvalue weighted by molar-refractivity contribution is -0.171. The van der Waals surface area contributed by atoms with Gasteiger partial charge in [0, 0.05) is 11.8 Å². The Labute approximate surface area is 91.8 Å². The van der Waals surface area contributed by atoms with E-state index in [0.717, 1.165) is 12.8 Å². The number of carbonyl (C=O) groups is 2. The predicted octanol–water partition coefficient (Wildman–Crippen LogP) is 2.25.